The fourth-order valence-corrected chi connectivity index (χ4v) is 6.72. The molecule has 5 nitrogen and oxygen atoms in total. The number of nitrogens with zero attached hydrogens (tertiary/aromatic N) is 5. The second kappa shape index (κ2) is 9.70. The molecule has 0 saturated heterocycles. The monoisotopic (exact) mass is 563 g/mol. The first kappa shape index (κ1) is 25.5. The fourth-order valence-electron chi connectivity index (χ4n) is 6.72. The van der Waals surface area contributed by atoms with Crippen molar-refractivity contribution in [2.75, 3.05) is 0 Å². The quantitative estimate of drug-likeness (QED) is 0.215. The lowest BCUT2D eigenvalue weighted by molar-refractivity contribution is 1.09. The van der Waals surface area contributed by atoms with E-state index in [0.717, 1.165) is 60.5 Å². The molecule has 3 heterocycles. The number of hydrogen-bond donors (Lipinski definition) is 0. The fraction of sp³-hybridized carbons (Fsp3) is 0.0513. The molecule has 0 aliphatic heterocycles. The van der Waals surface area contributed by atoms with Crippen LogP contribution in [0, 0.1) is 36.5 Å². The van der Waals surface area contributed by atoms with Crippen LogP contribution in [0.3, 0.4) is 0 Å². The summed E-state index contributed by atoms with van der Waals surface area (Å²) >= 11 is 0. The standard InChI is InChI=1S/C39H25N5/c1-24-14-16-35-30(18-24)27-9-3-5-12-33(27)43(35)37-22-42-23-38(39(37)29-11-7-8-26(20-40)32(29)21-41)44-34-13-6-4-10-28(34)31-19-25(2)15-17-36(31)44/h3-19,22-23H,1-2H3. The van der Waals surface area contributed by atoms with Gasteiger partial charge in [-0.05, 0) is 56.3 Å². The molecule has 44 heavy (non-hydrogen) atoms. The van der Waals surface area contributed by atoms with Gasteiger partial charge >= 0.3 is 0 Å². The maximum atomic E-state index is 10.5. The molecule has 8 rings (SSSR count). The Morgan fingerprint density at radius 3 is 1.59 bits per heavy atom. The van der Waals surface area contributed by atoms with Gasteiger partial charge in [0.05, 0.1) is 57.0 Å². The summed E-state index contributed by atoms with van der Waals surface area (Å²) in [7, 11) is 0. The van der Waals surface area contributed by atoms with E-state index in [1.807, 2.05) is 36.7 Å². The zero-order chi connectivity index (χ0) is 29.9. The molecule has 8 aromatic rings. The molecule has 0 saturated carbocycles. The maximum absolute atomic E-state index is 10.5. The summed E-state index contributed by atoms with van der Waals surface area (Å²) in [6, 6.07) is 39.9. The van der Waals surface area contributed by atoms with Crippen LogP contribution in [0.1, 0.15) is 22.3 Å². The average Bonchev–Trinajstić information content (AvgIpc) is 3.56. The van der Waals surface area contributed by atoms with Crippen molar-refractivity contribution in [2.45, 2.75) is 13.8 Å². The molecule has 0 radical (unpaired) electrons. The average molecular weight is 564 g/mol. The van der Waals surface area contributed by atoms with Crippen LogP contribution in [-0.4, -0.2) is 14.1 Å². The van der Waals surface area contributed by atoms with Gasteiger partial charge in [-0.2, -0.15) is 10.5 Å². The van der Waals surface area contributed by atoms with E-state index in [9.17, 15) is 10.5 Å². The van der Waals surface area contributed by atoms with Crippen LogP contribution >= 0.6 is 0 Å². The second-order valence-corrected chi connectivity index (χ2v) is 11.3. The molecule has 0 N–H and O–H groups in total. The lowest BCUT2D eigenvalue weighted by Crippen LogP contribution is -2.06. The van der Waals surface area contributed by atoms with Crippen LogP contribution in [0.15, 0.2) is 116 Å². The smallest absolute Gasteiger partial charge is 0.101 e. The summed E-state index contributed by atoms with van der Waals surface area (Å²) in [5.41, 5.74) is 10.4. The third-order valence-corrected chi connectivity index (χ3v) is 8.61. The third-order valence-electron chi connectivity index (χ3n) is 8.61. The van der Waals surface area contributed by atoms with Gasteiger partial charge in [0.2, 0.25) is 0 Å². The maximum Gasteiger partial charge on any atom is 0.101 e. The lowest BCUT2D eigenvalue weighted by Gasteiger charge is -2.20. The Hall–Kier alpha value is -6.17. The van der Waals surface area contributed by atoms with Crippen molar-refractivity contribution < 1.29 is 0 Å². The molecule has 0 unspecified atom stereocenters. The Morgan fingerprint density at radius 2 is 1.07 bits per heavy atom. The van der Waals surface area contributed by atoms with Gasteiger partial charge in [-0.15, -0.1) is 0 Å². The van der Waals surface area contributed by atoms with Crippen LogP contribution in [0.5, 0.6) is 0 Å². The summed E-state index contributed by atoms with van der Waals surface area (Å²) in [6.07, 6.45) is 3.76. The molecule has 5 aromatic carbocycles. The van der Waals surface area contributed by atoms with E-state index in [0.29, 0.717) is 16.7 Å². The second-order valence-electron chi connectivity index (χ2n) is 11.3. The molecule has 0 amide bonds. The summed E-state index contributed by atoms with van der Waals surface area (Å²) in [6.45, 7) is 4.21. The Bertz CT molecular complexity index is 2410. The Labute approximate surface area is 254 Å². The molecular formula is C39H25N5. The van der Waals surface area contributed by atoms with Gasteiger partial charge < -0.3 is 9.13 Å². The van der Waals surface area contributed by atoms with Crippen molar-refractivity contribution in [2.24, 2.45) is 0 Å². The molecule has 0 spiro atoms. The van der Waals surface area contributed by atoms with Gasteiger partial charge in [-0.1, -0.05) is 71.8 Å². The van der Waals surface area contributed by atoms with Crippen LogP contribution in [0.4, 0.5) is 0 Å². The van der Waals surface area contributed by atoms with E-state index >= 15 is 0 Å². The first-order valence-electron chi connectivity index (χ1n) is 14.5. The van der Waals surface area contributed by atoms with Crippen LogP contribution in [0.2, 0.25) is 0 Å². The minimum Gasteiger partial charge on any atom is -0.307 e. The minimum absolute atomic E-state index is 0.342. The van der Waals surface area contributed by atoms with E-state index < -0.39 is 0 Å². The summed E-state index contributed by atoms with van der Waals surface area (Å²) in [4.78, 5) is 4.85. The largest absolute Gasteiger partial charge is 0.307 e. The molecular weight excluding hydrogens is 538 g/mol. The van der Waals surface area contributed by atoms with Gasteiger partial charge in [-0.3, -0.25) is 4.98 Å². The SMILES string of the molecule is Cc1ccc2c(c1)c1ccccc1n2-c1cncc(-n2c3ccccc3c3cc(C)ccc32)c1-c1cccc(C#N)c1C#N. The van der Waals surface area contributed by atoms with E-state index in [1.54, 1.807) is 6.07 Å². The molecule has 206 valence electrons. The normalized spacial score (nSPS) is 11.4. The Morgan fingerprint density at radius 1 is 0.545 bits per heavy atom. The predicted molar refractivity (Wildman–Crippen MR) is 177 cm³/mol. The Balaban J connectivity index is 1.60. The summed E-state index contributed by atoms with van der Waals surface area (Å²) in [5.74, 6) is 0. The van der Waals surface area contributed by atoms with Crippen molar-refractivity contribution in [3.8, 4) is 34.6 Å². The number of nitriles is 2. The zero-order valence-corrected chi connectivity index (χ0v) is 24.2. The number of para-hydroxylation sites is 2. The van der Waals surface area contributed by atoms with Crippen molar-refractivity contribution in [1.29, 1.82) is 10.5 Å². The first-order valence-corrected chi connectivity index (χ1v) is 14.5. The van der Waals surface area contributed by atoms with Crippen molar-refractivity contribution in [1.82, 2.24) is 14.1 Å². The first-order chi connectivity index (χ1) is 21.6. The predicted octanol–water partition coefficient (Wildman–Crippen LogP) is 9.30. The Kier molecular flexibility index (Phi) is 5.63. The molecule has 0 atom stereocenters. The van der Waals surface area contributed by atoms with Crippen molar-refractivity contribution >= 4 is 43.6 Å². The van der Waals surface area contributed by atoms with Crippen LogP contribution < -0.4 is 0 Å². The molecule has 0 fully saturated rings. The summed E-state index contributed by atoms with van der Waals surface area (Å²) in [5, 5.41) is 25.1. The van der Waals surface area contributed by atoms with Gasteiger partial charge in [-0.25, -0.2) is 0 Å². The molecule has 0 aliphatic rings. The number of benzene rings is 5. The highest BCUT2D eigenvalue weighted by Crippen LogP contribution is 2.42. The van der Waals surface area contributed by atoms with Crippen molar-refractivity contribution in [3.63, 3.8) is 0 Å². The highest BCUT2D eigenvalue weighted by molar-refractivity contribution is 6.12. The van der Waals surface area contributed by atoms with Gasteiger partial charge in [0, 0.05) is 32.7 Å². The molecule has 0 bridgehead atoms. The van der Waals surface area contributed by atoms with Gasteiger partial charge in [0.25, 0.3) is 0 Å². The summed E-state index contributed by atoms with van der Waals surface area (Å²) < 4.78 is 4.49. The van der Waals surface area contributed by atoms with Crippen molar-refractivity contribution in [3.05, 3.63) is 138 Å². The highest BCUT2D eigenvalue weighted by Gasteiger charge is 2.24. The molecule has 5 heteroatoms. The van der Waals surface area contributed by atoms with E-state index in [4.69, 9.17) is 4.98 Å². The number of hydrogen-bond acceptors (Lipinski definition) is 3. The van der Waals surface area contributed by atoms with E-state index in [-0.39, 0.29) is 0 Å². The van der Waals surface area contributed by atoms with E-state index in [2.05, 4.69) is 108 Å². The third kappa shape index (κ3) is 3.60. The molecule has 3 aromatic heterocycles. The number of aryl methyl sites for hydroxylation is 2. The number of aromatic nitrogens is 3. The highest BCUT2D eigenvalue weighted by atomic mass is 15.0. The van der Waals surface area contributed by atoms with Gasteiger partial charge in [0.15, 0.2) is 0 Å². The molecule has 0 aliphatic carbocycles. The zero-order valence-electron chi connectivity index (χ0n) is 24.2. The number of pyridine rings is 1. The number of rotatable bonds is 3. The number of fused-ring (bicyclic) bond motifs is 6. The van der Waals surface area contributed by atoms with Crippen LogP contribution in [0.25, 0.3) is 66.1 Å². The minimum atomic E-state index is 0.342. The lowest BCUT2D eigenvalue weighted by atomic mass is 9.94. The topological polar surface area (TPSA) is 70.3 Å². The van der Waals surface area contributed by atoms with Gasteiger partial charge in [0.1, 0.15) is 12.1 Å². The van der Waals surface area contributed by atoms with Crippen LogP contribution in [-0.2, 0) is 0 Å². The van der Waals surface area contributed by atoms with E-state index in [1.165, 1.54) is 11.1 Å².